The van der Waals surface area contributed by atoms with Crippen molar-refractivity contribution in [2.24, 2.45) is 5.92 Å². The van der Waals surface area contributed by atoms with Crippen LogP contribution in [0.2, 0.25) is 6.32 Å². The first-order valence-corrected chi connectivity index (χ1v) is 9.53. The Morgan fingerprint density at radius 2 is 1.59 bits per heavy atom. The molecule has 0 aliphatic rings. The third kappa shape index (κ3) is 5.86. The van der Waals surface area contributed by atoms with Gasteiger partial charge in [0.15, 0.2) is 0 Å². The Kier molecular flexibility index (Phi) is 7.89. The lowest BCUT2D eigenvalue weighted by atomic mass is 9.37. The zero-order chi connectivity index (χ0) is 19.6. The molecule has 0 aliphatic heterocycles. The van der Waals surface area contributed by atoms with Crippen molar-refractivity contribution < 1.29 is 0 Å². The fourth-order valence-corrected chi connectivity index (χ4v) is 3.31. The highest BCUT2D eigenvalue weighted by atomic mass is 15.0. The maximum absolute atomic E-state index is 8.45. The summed E-state index contributed by atoms with van der Waals surface area (Å²) >= 11 is 0. The van der Waals surface area contributed by atoms with Gasteiger partial charge in [-0.3, -0.25) is 0 Å². The summed E-state index contributed by atoms with van der Waals surface area (Å²) in [6.07, 6.45) is 6.43. The molecule has 0 bridgehead atoms. The van der Waals surface area contributed by atoms with Gasteiger partial charge in [-0.15, -0.1) is 0 Å². The molecule has 1 atom stereocenters. The Morgan fingerprint density at radius 1 is 1.04 bits per heavy atom. The van der Waals surface area contributed by atoms with Crippen LogP contribution in [-0.4, -0.2) is 16.3 Å². The van der Waals surface area contributed by atoms with Crippen molar-refractivity contribution in [3.63, 3.8) is 0 Å². The van der Waals surface area contributed by atoms with E-state index in [0.717, 1.165) is 12.9 Å². The van der Waals surface area contributed by atoms with Crippen molar-refractivity contribution in [1.82, 2.24) is 9.55 Å². The topological polar surface area (TPSA) is 41.6 Å². The number of hydrogen-bond acceptors (Lipinski definition) is 2. The summed E-state index contributed by atoms with van der Waals surface area (Å²) < 4.78 is 1.90. The van der Waals surface area contributed by atoms with Crippen molar-refractivity contribution in [1.29, 1.82) is 5.26 Å². The molecule has 0 radical (unpaired) electrons. The Balaban J connectivity index is 0.000000223. The van der Waals surface area contributed by atoms with E-state index >= 15 is 0 Å². The zero-order valence-electron chi connectivity index (χ0n) is 16.8. The fraction of sp³-hybridized carbons (Fsp3) is 0.304. The molecule has 0 fully saturated rings. The van der Waals surface area contributed by atoms with E-state index in [1.165, 1.54) is 22.1 Å². The Morgan fingerprint density at radius 3 is 2.00 bits per heavy atom. The average Bonchev–Trinajstić information content (AvgIpc) is 3.18. The monoisotopic (exact) mass is 357 g/mol. The number of hydrogen-bond donors (Lipinski definition) is 0. The van der Waals surface area contributed by atoms with Crippen molar-refractivity contribution in [2.45, 2.75) is 40.6 Å². The van der Waals surface area contributed by atoms with Gasteiger partial charge in [0.05, 0.1) is 18.3 Å². The minimum atomic E-state index is 0.0641. The molecule has 138 valence electrons. The summed E-state index contributed by atoms with van der Waals surface area (Å²) in [6, 6.07) is 19.6. The van der Waals surface area contributed by atoms with Crippen molar-refractivity contribution in [3.05, 3.63) is 78.4 Å². The van der Waals surface area contributed by atoms with Crippen molar-refractivity contribution in [2.75, 3.05) is 0 Å². The van der Waals surface area contributed by atoms with E-state index in [4.69, 9.17) is 5.26 Å². The lowest BCUT2D eigenvalue weighted by molar-refractivity contribution is 0.580. The maximum atomic E-state index is 8.45. The van der Waals surface area contributed by atoms with Gasteiger partial charge in [-0.1, -0.05) is 83.8 Å². The highest BCUT2D eigenvalue weighted by Crippen LogP contribution is 2.04. The van der Waals surface area contributed by atoms with Gasteiger partial charge in [-0.2, -0.15) is 5.26 Å². The molecule has 27 heavy (non-hydrogen) atoms. The predicted molar refractivity (Wildman–Crippen MR) is 115 cm³/mol. The molecule has 0 aliphatic carbocycles. The standard InChI is InChI=1S/C16H19B.C7H9N3/c1-4-17(15-11-7-5-9-13(15)2)16-12-8-6-10-14(16)3;1-7(4-8)5-10-3-2-9-6-10/h5-12H,4H2,1-3H3;2-3,6-7H,5H2,1H3. The fourth-order valence-electron chi connectivity index (χ4n) is 3.31. The van der Waals surface area contributed by atoms with Crippen LogP contribution in [0.1, 0.15) is 25.0 Å². The summed E-state index contributed by atoms with van der Waals surface area (Å²) in [5, 5.41) is 8.45. The highest BCUT2D eigenvalue weighted by Gasteiger charge is 2.19. The molecule has 3 aromatic rings. The lowest BCUT2D eigenvalue weighted by Crippen LogP contribution is -2.43. The molecule has 0 saturated carbocycles. The summed E-state index contributed by atoms with van der Waals surface area (Å²) in [5.74, 6) is 0.0641. The van der Waals surface area contributed by atoms with Crippen LogP contribution < -0.4 is 10.9 Å². The summed E-state index contributed by atoms with van der Waals surface area (Å²) in [6.45, 7) is 9.82. The summed E-state index contributed by atoms with van der Waals surface area (Å²) in [7, 11) is 0. The second-order valence-corrected chi connectivity index (χ2v) is 6.96. The second-order valence-electron chi connectivity index (χ2n) is 6.96. The van der Waals surface area contributed by atoms with Crippen LogP contribution in [0.4, 0.5) is 0 Å². The van der Waals surface area contributed by atoms with E-state index in [1.807, 2.05) is 17.7 Å². The first kappa shape index (κ1) is 20.5. The largest absolute Gasteiger partial charge is 0.336 e. The quantitative estimate of drug-likeness (QED) is 0.648. The molecule has 1 unspecified atom stereocenters. The van der Waals surface area contributed by atoms with Gasteiger partial charge in [-0.25, -0.2) is 4.98 Å². The first-order chi connectivity index (χ1) is 13.1. The molecule has 2 aromatic carbocycles. The predicted octanol–water partition coefficient (Wildman–Crippen LogP) is 3.98. The Hall–Kier alpha value is -2.80. The minimum Gasteiger partial charge on any atom is -0.336 e. The van der Waals surface area contributed by atoms with Crippen LogP contribution in [0.5, 0.6) is 0 Å². The molecule has 1 heterocycles. The number of nitriles is 1. The first-order valence-electron chi connectivity index (χ1n) is 9.53. The smallest absolute Gasteiger partial charge is 0.209 e. The number of aryl methyl sites for hydroxylation is 2. The number of aromatic nitrogens is 2. The second kappa shape index (κ2) is 10.4. The van der Waals surface area contributed by atoms with Gasteiger partial charge in [0.2, 0.25) is 6.71 Å². The Bertz CT molecular complexity index is 820. The normalized spacial score (nSPS) is 11.1. The van der Waals surface area contributed by atoms with E-state index in [-0.39, 0.29) is 5.92 Å². The zero-order valence-corrected chi connectivity index (χ0v) is 16.8. The van der Waals surface area contributed by atoms with Crippen molar-refractivity contribution in [3.8, 4) is 6.07 Å². The van der Waals surface area contributed by atoms with Crippen LogP contribution in [0.3, 0.4) is 0 Å². The SMILES string of the molecule is CC(C#N)Cn1ccnc1.CCB(c1ccccc1C)c1ccccc1C. The molecule has 0 spiro atoms. The molecule has 0 amide bonds. The van der Waals surface area contributed by atoms with E-state index < -0.39 is 0 Å². The molecule has 3 rings (SSSR count). The summed E-state index contributed by atoms with van der Waals surface area (Å²) in [4.78, 5) is 3.86. The van der Waals surface area contributed by atoms with E-state index in [1.54, 1.807) is 12.5 Å². The Labute approximate surface area is 163 Å². The maximum Gasteiger partial charge on any atom is 0.209 e. The van der Waals surface area contributed by atoms with Gasteiger partial charge in [0, 0.05) is 18.9 Å². The number of nitrogens with zero attached hydrogens (tertiary/aromatic N) is 3. The number of benzene rings is 2. The lowest BCUT2D eigenvalue weighted by Gasteiger charge is -2.17. The molecular weight excluding hydrogens is 329 g/mol. The number of imidazole rings is 1. The molecular formula is C23H28BN3. The van der Waals surface area contributed by atoms with Crippen LogP contribution >= 0.6 is 0 Å². The van der Waals surface area contributed by atoms with Gasteiger partial charge >= 0.3 is 0 Å². The highest BCUT2D eigenvalue weighted by molar-refractivity contribution is 6.85. The van der Waals surface area contributed by atoms with Gasteiger partial charge in [0.1, 0.15) is 0 Å². The average molecular weight is 357 g/mol. The summed E-state index contributed by atoms with van der Waals surface area (Å²) in [5.41, 5.74) is 5.71. The van der Waals surface area contributed by atoms with Crippen LogP contribution in [0.15, 0.2) is 67.3 Å². The third-order valence-corrected chi connectivity index (χ3v) is 4.80. The third-order valence-electron chi connectivity index (χ3n) is 4.80. The van der Waals surface area contributed by atoms with Crippen LogP contribution in [0, 0.1) is 31.1 Å². The van der Waals surface area contributed by atoms with Gasteiger partial charge in [-0.05, 0) is 20.8 Å². The molecule has 1 aromatic heterocycles. The van der Waals surface area contributed by atoms with E-state index in [2.05, 4.69) is 80.4 Å². The number of rotatable bonds is 5. The molecule has 3 nitrogen and oxygen atoms in total. The minimum absolute atomic E-state index is 0.0641. The molecule has 4 heteroatoms. The van der Waals surface area contributed by atoms with Gasteiger partial charge in [0.25, 0.3) is 0 Å². The van der Waals surface area contributed by atoms with Crippen LogP contribution in [0.25, 0.3) is 0 Å². The van der Waals surface area contributed by atoms with Gasteiger partial charge < -0.3 is 4.57 Å². The molecule has 0 N–H and O–H groups in total. The van der Waals surface area contributed by atoms with E-state index in [0.29, 0.717) is 6.71 Å². The van der Waals surface area contributed by atoms with E-state index in [9.17, 15) is 0 Å². The molecule has 0 saturated heterocycles. The van der Waals surface area contributed by atoms with Crippen molar-refractivity contribution >= 4 is 17.6 Å². The van der Waals surface area contributed by atoms with Crippen LogP contribution in [-0.2, 0) is 6.54 Å².